The van der Waals surface area contributed by atoms with Gasteiger partial charge in [0, 0.05) is 25.0 Å². The molecule has 0 aliphatic carbocycles. The maximum atomic E-state index is 11.1. The first kappa shape index (κ1) is 12.2. The van der Waals surface area contributed by atoms with Gasteiger partial charge in [-0.15, -0.1) is 12.4 Å². The fourth-order valence-electron chi connectivity index (χ4n) is 2.24. The topological polar surface area (TPSA) is 49.4 Å². The van der Waals surface area contributed by atoms with Gasteiger partial charge in [0.2, 0.25) is 10.0 Å². The first-order valence-electron chi connectivity index (χ1n) is 4.68. The van der Waals surface area contributed by atoms with Gasteiger partial charge >= 0.3 is 0 Å². The summed E-state index contributed by atoms with van der Waals surface area (Å²) in [4.78, 5) is 0. The predicted molar refractivity (Wildman–Crippen MR) is 58.2 cm³/mol. The second-order valence-corrected chi connectivity index (χ2v) is 6.29. The van der Waals surface area contributed by atoms with E-state index in [2.05, 4.69) is 5.32 Å². The van der Waals surface area contributed by atoms with Gasteiger partial charge in [-0.3, -0.25) is 0 Å². The van der Waals surface area contributed by atoms with Gasteiger partial charge in [0.15, 0.2) is 0 Å². The first-order valence-corrected chi connectivity index (χ1v) is 6.53. The van der Waals surface area contributed by atoms with Crippen molar-refractivity contribution in [2.24, 2.45) is 5.41 Å². The molecule has 4 nitrogen and oxygen atoms in total. The van der Waals surface area contributed by atoms with Crippen LogP contribution in [-0.2, 0) is 10.0 Å². The van der Waals surface area contributed by atoms with Gasteiger partial charge in [-0.2, -0.15) is 0 Å². The lowest BCUT2D eigenvalue weighted by Gasteiger charge is -2.51. The van der Waals surface area contributed by atoms with Gasteiger partial charge in [-0.05, 0) is 19.4 Å². The molecule has 0 atom stereocenters. The molecule has 1 N–H and O–H groups in total. The molecule has 14 heavy (non-hydrogen) atoms. The molecule has 2 saturated heterocycles. The van der Waals surface area contributed by atoms with Crippen molar-refractivity contribution in [3.05, 3.63) is 0 Å². The van der Waals surface area contributed by atoms with E-state index in [1.165, 1.54) is 19.1 Å². The molecule has 2 aliphatic heterocycles. The molecule has 2 rings (SSSR count). The molecular formula is C8H17ClN2O2S. The Balaban J connectivity index is 0.000000980. The van der Waals surface area contributed by atoms with Crippen molar-refractivity contribution >= 4 is 22.4 Å². The van der Waals surface area contributed by atoms with E-state index in [1.807, 2.05) is 0 Å². The third-order valence-electron chi connectivity index (χ3n) is 3.05. The minimum atomic E-state index is -2.94. The number of halogens is 1. The van der Waals surface area contributed by atoms with Crippen LogP contribution in [-0.4, -0.2) is 45.2 Å². The van der Waals surface area contributed by atoms with Gasteiger partial charge in [-0.1, -0.05) is 0 Å². The molecule has 84 valence electrons. The minimum absolute atomic E-state index is 0. The summed E-state index contributed by atoms with van der Waals surface area (Å²) < 4.78 is 23.9. The van der Waals surface area contributed by atoms with Crippen LogP contribution in [0.4, 0.5) is 0 Å². The van der Waals surface area contributed by atoms with Gasteiger partial charge < -0.3 is 5.32 Å². The molecule has 0 saturated carbocycles. The van der Waals surface area contributed by atoms with Crippen molar-refractivity contribution in [3.8, 4) is 0 Å². The van der Waals surface area contributed by atoms with Gasteiger partial charge in [0.05, 0.1) is 6.26 Å². The standard InChI is InChI=1S/C8H16N2O2S.ClH/c1-13(11,12)10-6-8(7-10)3-2-4-9-5-8;/h9H,2-7H2,1H3;1H. The number of nitrogens with zero attached hydrogens (tertiary/aromatic N) is 1. The van der Waals surface area contributed by atoms with E-state index in [9.17, 15) is 8.42 Å². The largest absolute Gasteiger partial charge is 0.316 e. The maximum Gasteiger partial charge on any atom is 0.211 e. The number of rotatable bonds is 1. The Bertz CT molecular complexity index is 290. The second-order valence-electron chi connectivity index (χ2n) is 4.31. The number of piperidine rings is 1. The summed E-state index contributed by atoms with van der Waals surface area (Å²) in [7, 11) is -2.94. The summed E-state index contributed by atoms with van der Waals surface area (Å²) in [6.45, 7) is 3.51. The minimum Gasteiger partial charge on any atom is -0.316 e. The molecule has 2 heterocycles. The molecule has 0 aromatic rings. The molecule has 0 aromatic carbocycles. The highest BCUT2D eigenvalue weighted by atomic mass is 35.5. The van der Waals surface area contributed by atoms with Crippen molar-refractivity contribution in [3.63, 3.8) is 0 Å². The smallest absolute Gasteiger partial charge is 0.211 e. The lowest BCUT2D eigenvalue weighted by molar-refractivity contribution is 0.0441. The Morgan fingerprint density at radius 1 is 1.36 bits per heavy atom. The highest BCUT2D eigenvalue weighted by Gasteiger charge is 2.46. The van der Waals surface area contributed by atoms with Crippen LogP contribution in [0.15, 0.2) is 0 Å². The number of hydrogen-bond acceptors (Lipinski definition) is 3. The van der Waals surface area contributed by atoms with E-state index in [1.54, 1.807) is 4.31 Å². The average Bonchev–Trinajstić information content (AvgIpc) is 2.00. The molecule has 2 fully saturated rings. The van der Waals surface area contributed by atoms with E-state index in [0.29, 0.717) is 0 Å². The van der Waals surface area contributed by atoms with Crippen LogP contribution < -0.4 is 5.32 Å². The molecule has 2 aliphatic rings. The van der Waals surface area contributed by atoms with Crippen LogP contribution in [0.25, 0.3) is 0 Å². The van der Waals surface area contributed by atoms with Crippen LogP contribution in [0, 0.1) is 5.41 Å². The van der Waals surface area contributed by atoms with Crippen molar-refractivity contribution in [1.29, 1.82) is 0 Å². The summed E-state index contributed by atoms with van der Waals surface area (Å²) in [5, 5.41) is 3.33. The van der Waals surface area contributed by atoms with Crippen molar-refractivity contribution in [2.75, 3.05) is 32.4 Å². The number of hydrogen-bond donors (Lipinski definition) is 1. The molecule has 0 radical (unpaired) electrons. The Hall–Kier alpha value is 0.160. The third kappa shape index (κ3) is 2.21. The van der Waals surface area contributed by atoms with Gasteiger partial charge in [0.1, 0.15) is 0 Å². The van der Waals surface area contributed by atoms with Crippen LogP contribution in [0.2, 0.25) is 0 Å². The van der Waals surface area contributed by atoms with Crippen LogP contribution in [0.5, 0.6) is 0 Å². The Kier molecular flexibility index (Phi) is 3.46. The molecule has 0 unspecified atom stereocenters. The van der Waals surface area contributed by atoms with Crippen molar-refractivity contribution in [1.82, 2.24) is 9.62 Å². The highest BCUT2D eigenvalue weighted by Crippen LogP contribution is 2.37. The Labute approximate surface area is 91.5 Å². The maximum absolute atomic E-state index is 11.1. The molecule has 6 heteroatoms. The van der Waals surface area contributed by atoms with Crippen LogP contribution in [0.3, 0.4) is 0 Å². The number of sulfonamides is 1. The zero-order chi connectivity index (χ0) is 9.53. The molecule has 0 aromatic heterocycles. The Morgan fingerprint density at radius 2 is 2.00 bits per heavy atom. The molecule has 0 amide bonds. The van der Waals surface area contributed by atoms with Crippen LogP contribution >= 0.6 is 12.4 Å². The van der Waals surface area contributed by atoms with E-state index in [-0.39, 0.29) is 17.8 Å². The lowest BCUT2D eigenvalue weighted by atomic mass is 9.75. The molecule has 0 bridgehead atoms. The first-order chi connectivity index (χ1) is 6.02. The van der Waals surface area contributed by atoms with Gasteiger partial charge in [-0.25, -0.2) is 12.7 Å². The fraction of sp³-hybridized carbons (Fsp3) is 1.00. The summed E-state index contributed by atoms with van der Waals surface area (Å²) in [5.41, 5.74) is 0.265. The van der Waals surface area contributed by atoms with Crippen LogP contribution in [0.1, 0.15) is 12.8 Å². The van der Waals surface area contributed by atoms with E-state index in [4.69, 9.17) is 0 Å². The predicted octanol–water partition coefficient (Wildman–Crippen LogP) is 0.0532. The lowest BCUT2D eigenvalue weighted by Crippen LogP contribution is -2.63. The average molecular weight is 241 g/mol. The quantitative estimate of drug-likeness (QED) is 0.705. The zero-order valence-electron chi connectivity index (χ0n) is 8.32. The summed E-state index contributed by atoms with van der Waals surface area (Å²) in [5.74, 6) is 0. The van der Waals surface area contributed by atoms with Crippen molar-refractivity contribution in [2.45, 2.75) is 12.8 Å². The molecular weight excluding hydrogens is 224 g/mol. The third-order valence-corrected chi connectivity index (χ3v) is 4.25. The highest BCUT2D eigenvalue weighted by molar-refractivity contribution is 7.88. The monoisotopic (exact) mass is 240 g/mol. The van der Waals surface area contributed by atoms with Gasteiger partial charge in [0.25, 0.3) is 0 Å². The normalized spacial score (nSPS) is 26.6. The summed E-state index contributed by atoms with van der Waals surface area (Å²) >= 11 is 0. The number of nitrogens with one attached hydrogen (secondary N) is 1. The van der Waals surface area contributed by atoms with E-state index in [0.717, 1.165) is 26.2 Å². The second kappa shape index (κ2) is 3.96. The van der Waals surface area contributed by atoms with Crippen molar-refractivity contribution < 1.29 is 8.42 Å². The summed E-state index contributed by atoms with van der Waals surface area (Å²) in [6.07, 6.45) is 3.64. The zero-order valence-corrected chi connectivity index (χ0v) is 9.96. The fourth-order valence-corrected chi connectivity index (χ4v) is 3.25. The summed E-state index contributed by atoms with van der Waals surface area (Å²) in [6, 6.07) is 0. The SMILES string of the molecule is CS(=O)(=O)N1CC2(CCCNC2)C1.Cl. The van der Waals surface area contributed by atoms with E-state index < -0.39 is 10.0 Å². The Morgan fingerprint density at radius 3 is 2.43 bits per heavy atom. The molecule has 1 spiro atoms. The van der Waals surface area contributed by atoms with E-state index >= 15 is 0 Å².